The summed E-state index contributed by atoms with van der Waals surface area (Å²) < 4.78 is 17.8. The Morgan fingerprint density at radius 2 is 1.68 bits per heavy atom. The van der Waals surface area contributed by atoms with Crippen molar-refractivity contribution < 1.29 is 18.7 Å². The fraction of sp³-hybridized carbons (Fsp3) is 0.696. The van der Waals surface area contributed by atoms with Gasteiger partial charge in [0.2, 0.25) is 0 Å². The summed E-state index contributed by atoms with van der Waals surface area (Å²) in [7, 11) is -0.308. The minimum absolute atomic E-state index is 0.110. The number of Topliss-reactive ketones (excluding diaryl/α,β-unsaturated/α-hetero) is 1. The summed E-state index contributed by atoms with van der Waals surface area (Å²) in [5.41, 5.74) is 0.676. The van der Waals surface area contributed by atoms with Crippen molar-refractivity contribution in [1.82, 2.24) is 0 Å². The molecule has 0 saturated heterocycles. The quantitative estimate of drug-likeness (QED) is 0.421. The molecule has 0 radical (unpaired) electrons. The van der Waals surface area contributed by atoms with Gasteiger partial charge in [-0.05, 0) is 62.0 Å². The molecule has 5 heteroatoms. The van der Waals surface area contributed by atoms with Gasteiger partial charge in [0.15, 0.2) is 8.32 Å². The monoisotopic (exact) mass is 408 g/mol. The summed E-state index contributed by atoms with van der Waals surface area (Å²) in [6, 6.07) is 7.92. The highest BCUT2D eigenvalue weighted by Crippen LogP contribution is 2.41. The van der Waals surface area contributed by atoms with E-state index in [2.05, 4.69) is 47.7 Å². The number of rotatable bonds is 11. The van der Waals surface area contributed by atoms with Gasteiger partial charge in [-0.2, -0.15) is 0 Å². The van der Waals surface area contributed by atoms with Crippen LogP contribution in [0.1, 0.15) is 59.9 Å². The fourth-order valence-electron chi connectivity index (χ4n) is 3.34. The van der Waals surface area contributed by atoms with Crippen LogP contribution in [0.2, 0.25) is 18.1 Å². The Kier molecular flexibility index (Phi) is 8.91. The van der Waals surface area contributed by atoms with Gasteiger partial charge in [-0.25, -0.2) is 0 Å². The van der Waals surface area contributed by atoms with Gasteiger partial charge in [0.25, 0.3) is 0 Å². The summed E-state index contributed by atoms with van der Waals surface area (Å²) in [5, 5.41) is 0.110. The van der Waals surface area contributed by atoms with Crippen LogP contribution in [0.3, 0.4) is 0 Å². The molecule has 28 heavy (non-hydrogen) atoms. The highest BCUT2D eigenvalue weighted by molar-refractivity contribution is 6.74. The Bertz CT molecular complexity index is 618. The Labute approximate surface area is 173 Å². The van der Waals surface area contributed by atoms with Crippen LogP contribution in [-0.2, 0) is 20.6 Å². The average Bonchev–Trinajstić information content (AvgIpc) is 2.52. The minimum Gasteiger partial charge on any atom is -0.497 e. The third-order valence-corrected chi connectivity index (χ3v) is 10.2. The minimum atomic E-state index is -1.97. The van der Waals surface area contributed by atoms with Crippen molar-refractivity contribution in [2.75, 3.05) is 13.7 Å². The highest BCUT2D eigenvalue weighted by Gasteiger charge is 2.43. The van der Waals surface area contributed by atoms with E-state index in [4.69, 9.17) is 13.9 Å². The predicted molar refractivity (Wildman–Crippen MR) is 118 cm³/mol. The zero-order valence-electron chi connectivity index (χ0n) is 19.3. The Balaban J connectivity index is 2.67. The maximum atomic E-state index is 11.9. The third-order valence-electron chi connectivity index (χ3n) is 5.54. The first-order chi connectivity index (χ1) is 12.8. The molecule has 0 fully saturated rings. The molecule has 1 aromatic carbocycles. The van der Waals surface area contributed by atoms with Crippen molar-refractivity contribution in [2.24, 2.45) is 5.92 Å². The normalized spacial score (nSPS) is 15.8. The van der Waals surface area contributed by atoms with Gasteiger partial charge in [-0.3, -0.25) is 4.79 Å². The number of hydrogen-bond acceptors (Lipinski definition) is 4. The molecule has 0 aliphatic heterocycles. The van der Waals surface area contributed by atoms with Crippen LogP contribution in [0.5, 0.6) is 5.75 Å². The molecule has 160 valence electrons. The van der Waals surface area contributed by atoms with E-state index in [1.165, 1.54) is 0 Å². The van der Waals surface area contributed by atoms with Crippen molar-refractivity contribution >= 4 is 14.1 Å². The van der Waals surface area contributed by atoms with Crippen LogP contribution in [0.15, 0.2) is 24.3 Å². The molecule has 0 aromatic heterocycles. The first-order valence-corrected chi connectivity index (χ1v) is 13.1. The second kappa shape index (κ2) is 10.0. The lowest BCUT2D eigenvalue weighted by atomic mass is 9.89. The molecule has 4 nitrogen and oxygen atoms in total. The number of ether oxygens (including phenoxy) is 2. The first kappa shape index (κ1) is 24.9. The Hall–Kier alpha value is -1.17. The van der Waals surface area contributed by atoms with Crippen LogP contribution in [0, 0.1) is 5.92 Å². The summed E-state index contributed by atoms with van der Waals surface area (Å²) in [5.74, 6) is 1.32. The van der Waals surface area contributed by atoms with E-state index in [1.54, 1.807) is 14.0 Å². The zero-order chi connectivity index (χ0) is 21.6. The van der Waals surface area contributed by atoms with Crippen LogP contribution < -0.4 is 4.74 Å². The molecule has 0 aliphatic rings. The molecule has 2 atom stereocenters. The van der Waals surface area contributed by atoms with Gasteiger partial charge < -0.3 is 13.9 Å². The van der Waals surface area contributed by atoms with Crippen LogP contribution in [0.4, 0.5) is 0 Å². The summed E-state index contributed by atoms with van der Waals surface area (Å²) in [6.07, 6.45) is 1.25. The lowest BCUT2D eigenvalue weighted by molar-refractivity contribution is -0.121. The molecule has 0 aliphatic carbocycles. The highest BCUT2D eigenvalue weighted by atomic mass is 28.4. The standard InChI is InChI=1S/C23H40O4Si/c1-18(16-26-17-20-10-12-21(25-7)13-11-20)14-23(6,15-19(2)24)27-28(8,9)22(3,4)5/h10-13,18H,14-17H2,1-9H3/t18-,23?/m0/s1. The Morgan fingerprint density at radius 1 is 1.11 bits per heavy atom. The van der Waals surface area contributed by atoms with Crippen molar-refractivity contribution in [3.63, 3.8) is 0 Å². The smallest absolute Gasteiger partial charge is 0.192 e. The van der Waals surface area contributed by atoms with E-state index in [-0.39, 0.29) is 10.8 Å². The third kappa shape index (κ3) is 8.06. The van der Waals surface area contributed by atoms with Gasteiger partial charge in [0.05, 0.1) is 19.3 Å². The van der Waals surface area contributed by atoms with E-state index >= 15 is 0 Å². The SMILES string of the molecule is COc1ccc(COC[C@@H](C)CC(C)(CC(C)=O)O[Si](C)(C)C(C)(C)C)cc1. The summed E-state index contributed by atoms with van der Waals surface area (Å²) >= 11 is 0. The Morgan fingerprint density at radius 3 is 2.14 bits per heavy atom. The fourth-order valence-corrected chi connectivity index (χ4v) is 5.04. The van der Waals surface area contributed by atoms with Crippen molar-refractivity contribution in [2.45, 2.75) is 84.7 Å². The summed E-state index contributed by atoms with van der Waals surface area (Å²) in [6.45, 7) is 18.3. The number of hydrogen-bond donors (Lipinski definition) is 0. The van der Waals surface area contributed by atoms with Crippen molar-refractivity contribution in [3.8, 4) is 5.75 Å². The second-order valence-electron chi connectivity index (χ2n) is 9.86. The van der Waals surface area contributed by atoms with Crippen LogP contribution >= 0.6 is 0 Å². The molecular weight excluding hydrogens is 368 g/mol. The number of carbonyl (C=O) groups excluding carboxylic acids is 1. The molecule has 0 spiro atoms. The van der Waals surface area contributed by atoms with Gasteiger partial charge in [0, 0.05) is 13.0 Å². The van der Waals surface area contributed by atoms with E-state index in [9.17, 15) is 4.79 Å². The number of carbonyl (C=O) groups is 1. The predicted octanol–water partition coefficient (Wildman–Crippen LogP) is 6.00. The summed E-state index contributed by atoms with van der Waals surface area (Å²) in [4.78, 5) is 11.9. The van der Waals surface area contributed by atoms with Crippen LogP contribution in [-0.4, -0.2) is 33.4 Å². The molecular formula is C23H40O4Si. The van der Waals surface area contributed by atoms with Gasteiger partial charge >= 0.3 is 0 Å². The average molecular weight is 409 g/mol. The number of benzene rings is 1. The van der Waals surface area contributed by atoms with Crippen molar-refractivity contribution in [3.05, 3.63) is 29.8 Å². The number of ketones is 1. The van der Waals surface area contributed by atoms with Crippen molar-refractivity contribution in [1.29, 1.82) is 0 Å². The maximum Gasteiger partial charge on any atom is 0.192 e. The molecule has 0 heterocycles. The molecule has 0 saturated carbocycles. The first-order valence-electron chi connectivity index (χ1n) is 10.2. The van der Waals surface area contributed by atoms with E-state index in [1.807, 2.05) is 24.3 Å². The molecule has 1 unspecified atom stereocenters. The van der Waals surface area contributed by atoms with E-state index < -0.39 is 13.9 Å². The topological polar surface area (TPSA) is 44.8 Å². The second-order valence-corrected chi connectivity index (χ2v) is 14.6. The molecule has 1 rings (SSSR count). The molecule has 0 bridgehead atoms. The van der Waals surface area contributed by atoms with Gasteiger partial charge in [0.1, 0.15) is 11.5 Å². The molecule has 0 N–H and O–H groups in total. The maximum absolute atomic E-state index is 11.9. The largest absolute Gasteiger partial charge is 0.497 e. The zero-order valence-corrected chi connectivity index (χ0v) is 20.3. The van der Waals surface area contributed by atoms with Crippen LogP contribution in [0.25, 0.3) is 0 Å². The molecule has 1 aromatic rings. The lowest BCUT2D eigenvalue weighted by Gasteiger charge is -2.45. The van der Waals surface area contributed by atoms with Gasteiger partial charge in [-0.1, -0.05) is 39.8 Å². The molecule has 0 amide bonds. The number of methoxy groups -OCH3 is 1. The van der Waals surface area contributed by atoms with Gasteiger partial charge in [-0.15, -0.1) is 0 Å². The lowest BCUT2D eigenvalue weighted by Crippen LogP contribution is -2.50. The van der Waals surface area contributed by atoms with E-state index in [0.29, 0.717) is 25.6 Å². The van der Waals surface area contributed by atoms with E-state index in [0.717, 1.165) is 17.7 Å².